The zero-order valence-corrected chi connectivity index (χ0v) is 16.7. The molecule has 9 heteroatoms. The van der Waals surface area contributed by atoms with Gasteiger partial charge >= 0.3 is 0 Å². The van der Waals surface area contributed by atoms with E-state index in [0.717, 1.165) is 40.6 Å². The Bertz CT molecular complexity index is 1160. The minimum Gasteiger partial charge on any atom is -0.337 e. The summed E-state index contributed by atoms with van der Waals surface area (Å²) in [6.07, 6.45) is 5.19. The van der Waals surface area contributed by atoms with Crippen LogP contribution in [0.15, 0.2) is 42.0 Å². The van der Waals surface area contributed by atoms with Crippen molar-refractivity contribution in [2.24, 2.45) is 0 Å². The van der Waals surface area contributed by atoms with Crippen molar-refractivity contribution < 1.29 is 4.79 Å². The Balaban J connectivity index is 1.36. The van der Waals surface area contributed by atoms with Gasteiger partial charge in [-0.25, -0.2) is 4.98 Å². The Morgan fingerprint density at radius 1 is 1.17 bits per heavy atom. The maximum atomic E-state index is 12.6. The number of nitrogens with zero attached hydrogens (tertiary/aromatic N) is 7. The van der Waals surface area contributed by atoms with E-state index in [9.17, 15) is 4.79 Å². The van der Waals surface area contributed by atoms with Crippen LogP contribution < -0.4 is 0 Å². The van der Waals surface area contributed by atoms with Crippen LogP contribution in [0.3, 0.4) is 0 Å². The second kappa shape index (κ2) is 7.32. The van der Waals surface area contributed by atoms with Gasteiger partial charge in [0.25, 0.3) is 5.91 Å². The second-order valence-electron chi connectivity index (χ2n) is 7.11. The van der Waals surface area contributed by atoms with Crippen molar-refractivity contribution in [3.05, 3.63) is 58.6 Å². The van der Waals surface area contributed by atoms with Crippen LogP contribution in [-0.4, -0.2) is 53.7 Å². The number of likely N-dealkylation sites (tertiary alicyclic amines) is 1. The summed E-state index contributed by atoms with van der Waals surface area (Å²) < 4.78 is 1.83. The van der Waals surface area contributed by atoms with Crippen LogP contribution in [0.5, 0.6) is 0 Å². The summed E-state index contributed by atoms with van der Waals surface area (Å²) >= 11 is 1.50. The molecule has 0 saturated carbocycles. The first-order valence-corrected chi connectivity index (χ1v) is 10.4. The molecule has 1 amide bonds. The maximum absolute atomic E-state index is 12.6. The van der Waals surface area contributed by atoms with E-state index in [1.807, 2.05) is 46.0 Å². The van der Waals surface area contributed by atoms with Crippen molar-refractivity contribution in [1.29, 1.82) is 0 Å². The number of aryl methyl sites for hydroxylation is 1. The average Bonchev–Trinajstić information content (AvgIpc) is 3.40. The molecule has 0 aliphatic carbocycles. The van der Waals surface area contributed by atoms with Gasteiger partial charge in [0.1, 0.15) is 5.69 Å². The molecular formula is C20H19N7OS. The molecule has 0 N–H and O–H groups in total. The highest BCUT2D eigenvalue weighted by molar-refractivity contribution is 7.09. The summed E-state index contributed by atoms with van der Waals surface area (Å²) in [5, 5.41) is 16.2. The number of carbonyl (C=O) groups is 1. The first kappa shape index (κ1) is 17.9. The van der Waals surface area contributed by atoms with Gasteiger partial charge in [0.05, 0.1) is 10.7 Å². The highest BCUT2D eigenvalue weighted by atomic mass is 32.1. The van der Waals surface area contributed by atoms with Gasteiger partial charge in [-0.2, -0.15) is 9.61 Å². The van der Waals surface area contributed by atoms with Gasteiger partial charge in [0, 0.05) is 42.3 Å². The summed E-state index contributed by atoms with van der Waals surface area (Å²) in [7, 11) is 0. The number of hydrogen-bond donors (Lipinski definition) is 0. The minimum absolute atomic E-state index is 0.0101. The van der Waals surface area contributed by atoms with E-state index in [-0.39, 0.29) is 11.8 Å². The quantitative estimate of drug-likeness (QED) is 0.521. The van der Waals surface area contributed by atoms with Gasteiger partial charge in [-0.1, -0.05) is 0 Å². The lowest BCUT2D eigenvalue weighted by Crippen LogP contribution is -2.38. The lowest BCUT2D eigenvalue weighted by Gasteiger charge is -2.30. The van der Waals surface area contributed by atoms with Crippen molar-refractivity contribution in [3.8, 4) is 11.3 Å². The number of pyridine rings is 1. The van der Waals surface area contributed by atoms with Crippen LogP contribution in [0.25, 0.3) is 16.9 Å². The fourth-order valence-corrected chi connectivity index (χ4v) is 4.28. The zero-order valence-electron chi connectivity index (χ0n) is 15.9. The molecule has 0 atom stereocenters. The van der Waals surface area contributed by atoms with E-state index in [0.29, 0.717) is 18.8 Å². The third-order valence-electron chi connectivity index (χ3n) is 5.23. The minimum atomic E-state index is 0.0101. The fourth-order valence-electron chi connectivity index (χ4n) is 3.69. The van der Waals surface area contributed by atoms with Crippen LogP contribution in [0.1, 0.15) is 40.1 Å². The summed E-state index contributed by atoms with van der Waals surface area (Å²) in [5.74, 6) is 1.07. The van der Waals surface area contributed by atoms with Crippen molar-refractivity contribution in [2.75, 3.05) is 13.1 Å². The van der Waals surface area contributed by atoms with Gasteiger partial charge in [-0.3, -0.25) is 9.78 Å². The predicted molar refractivity (Wildman–Crippen MR) is 109 cm³/mol. The second-order valence-corrected chi connectivity index (χ2v) is 8.17. The van der Waals surface area contributed by atoms with E-state index in [1.165, 1.54) is 11.3 Å². The number of thiazole rings is 1. The number of hydrogen-bond acceptors (Lipinski definition) is 7. The van der Waals surface area contributed by atoms with Crippen LogP contribution in [0, 0.1) is 6.92 Å². The normalized spacial score (nSPS) is 15.1. The van der Waals surface area contributed by atoms with Crippen molar-refractivity contribution in [2.45, 2.75) is 25.7 Å². The third-order valence-corrected chi connectivity index (χ3v) is 6.00. The molecule has 1 aliphatic rings. The number of piperidine rings is 1. The standard InChI is InChI=1S/C20H19N7OS/c1-13-22-17(12-29-13)20(28)26-9-6-14(7-10-26)19-24-23-18-5-4-16(25-27(18)19)15-3-2-8-21-11-15/h2-5,8,11-12,14H,6-7,9-10H2,1H3. The molecule has 8 nitrogen and oxygen atoms in total. The van der Waals surface area contributed by atoms with Crippen LogP contribution in [-0.2, 0) is 0 Å². The number of aromatic nitrogens is 6. The molecule has 0 spiro atoms. The smallest absolute Gasteiger partial charge is 0.273 e. The molecule has 5 heterocycles. The number of amides is 1. The topological polar surface area (TPSA) is 89.2 Å². The molecular weight excluding hydrogens is 386 g/mol. The number of carbonyl (C=O) groups excluding carboxylic acids is 1. The van der Waals surface area contributed by atoms with Crippen molar-refractivity contribution in [3.63, 3.8) is 0 Å². The molecule has 0 unspecified atom stereocenters. The maximum Gasteiger partial charge on any atom is 0.273 e. The molecule has 1 fully saturated rings. The molecule has 4 aromatic rings. The van der Waals surface area contributed by atoms with E-state index in [2.05, 4.69) is 20.2 Å². The molecule has 29 heavy (non-hydrogen) atoms. The molecule has 5 rings (SSSR count). The van der Waals surface area contributed by atoms with Gasteiger partial charge in [0.2, 0.25) is 0 Å². The van der Waals surface area contributed by atoms with Gasteiger partial charge in [-0.15, -0.1) is 21.5 Å². The van der Waals surface area contributed by atoms with Gasteiger partial charge in [-0.05, 0) is 44.0 Å². The monoisotopic (exact) mass is 405 g/mol. The predicted octanol–water partition coefficient (Wildman–Crippen LogP) is 2.97. The van der Waals surface area contributed by atoms with Crippen molar-refractivity contribution in [1.82, 2.24) is 34.7 Å². The zero-order chi connectivity index (χ0) is 19.8. The van der Waals surface area contributed by atoms with Crippen molar-refractivity contribution >= 4 is 22.9 Å². The lowest BCUT2D eigenvalue weighted by molar-refractivity contribution is 0.0705. The van der Waals surface area contributed by atoms with Gasteiger partial charge < -0.3 is 4.90 Å². The molecule has 1 aliphatic heterocycles. The Morgan fingerprint density at radius 3 is 2.76 bits per heavy atom. The Hall–Kier alpha value is -3.20. The van der Waals surface area contributed by atoms with E-state index >= 15 is 0 Å². The molecule has 0 aromatic carbocycles. The van der Waals surface area contributed by atoms with E-state index in [4.69, 9.17) is 5.10 Å². The number of rotatable bonds is 3. The number of fused-ring (bicyclic) bond motifs is 1. The highest BCUT2D eigenvalue weighted by Crippen LogP contribution is 2.28. The highest BCUT2D eigenvalue weighted by Gasteiger charge is 2.28. The molecule has 1 saturated heterocycles. The van der Waals surface area contributed by atoms with Crippen LogP contribution in [0.4, 0.5) is 0 Å². The first-order chi connectivity index (χ1) is 14.2. The average molecular weight is 405 g/mol. The fraction of sp³-hybridized carbons (Fsp3) is 0.300. The third kappa shape index (κ3) is 3.38. The molecule has 0 bridgehead atoms. The molecule has 4 aromatic heterocycles. The molecule has 146 valence electrons. The summed E-state index contributed by atoms with van der Waals surface area (Å²) in [6.45, 7) is 3.27. The molecule has 0 radical (unpaired) electrons. The Morgan fingerprint density at radius 2 is 2.03 bits per heavy atom. The largest absolute Gasteiger partial charge is 0.337 e. The summed E-state index contributed by atoms with van der Waals surface area (Å²) in [5.41, 5.74) is 3.05. The van der Waals surface area contributed by atoms with Crippen LogP contribution in [0.2, 0.25) is 0 Å². The van der Waals surface area contributed by atoms with Crippen LogP contribution >= 0.6 is 11.3 Å². The van der Waals surface area contributed by atoms with E-state index in [1.54, 1.807) is 12.4 Å². The van der Waals surface area contributed by atoms with E-state index < -0.39 is 0 Å². The lowest BCUT2D eigenvalue weighted by atomic mass is 9.96. The SMILES string of the molecule is Cc1nc(C(=O)N2CCC(c3nnc4ccc(-c5cccnc5)nn34)CC2)cs1. The first-order valence-electron chi connectivity index (χ1n) is 9.53. The Labute approximate surface area is 171 Å². The Kier molecular flexibility index (Phi) is 4.51. The summed E-state index contributed by atoms with van der Waals surface area (Å²) in [6, 6.07) is 7.73. The summed E-state index contributed by atoms with van der Waals surface area (Å²) in [4.78, 5) is 23.0. The van der Waals surface area contributed by atoms with Gasteiger partial charge in [0.15, 0.2) is 11.5 Å².